The van der Waals surface area contributed by atoms with E-state index in [1.807, 2.05) is 0 Å². The first-order chi connectivity index (χ1) is 16.1. The molecule has 5 rings (SSSR count). The fourth-order valence-electron chi connectivity index (χ4n) is 3.64. The summed E-state index contributed by atoms with van der Waals surface area (Å²) >= 11 is 0. The molecule has 0 spiro atoms. The lowest BCUT2D eigenvalue weighted by molar-refractivity contribution is -0.137. The summed E-state index contributed by atoms with van der Waals surface area (Å²) in [5.74, 6) is 0.0681. The molecule has 9 nitrogen and oxygen atoms in total. The molecule has 0 unspecified atom stereocenters. The molecule has 0 bridgehead atoms. The first-order valence-electron chi connectivity index (χ1n) is 9.82. The van der Waals surface area contributed by atoms with Gasteiger partial charge in [0, 0.05) is 31.2 Å². The van der Waals surface area contributed by atoms with Crippen molar-refractivity contribution >= 4 is 27.9 Å². The van der Waals surface area contributed by atoms with Crippen molar-refractivity contribution in [2.45, 2.75) is 6.18 Å². The largest absolute Gasteiger partial charge is 0.416 e. The molecule has 170 valence electrons. The molecule has 0 aliphatic heterocycles. The maximum atomic E-state index is 13.4. The summed E-state index contributed by atoms with van der Waals surface area (Å²) in [6, 6.07) is 7.54. The second-order valence-corrected chi connectivity index (χ2v) is 7.44. The van der Waals surface area contributed by atoms with Gasteiger partial charge >= 0.3 is 11.9 Å². The monoisotopic (exact) mass is 465 g/mol. The molecular formula is C22H14F3N7O2. The summed E-state index contributed by atoms with van der Waals surface area (Å²) < 4.78 is 42.0. The summed E-state index contributed by atoms with van der Waals surface area (Å²) in [4.78, 5) is 42.7. The number of hydrogen-bond acceptors (Lipinski definition) is 7. The zero-order valence-electron chi connectivity index (χ0n) is 17.4. The Morgan fingerprint density at radius 2 is 1.71 bits per heavy atom. The molecule has 12 heteroatoms. The second-order valence-electron chi connectivity index (χ2n) is 7.44. The molecule has 0 fully saturated rings. The van der Waals surface area contributed by atoms with E-state index >= 15 is 0 Å². The molecule has 2 N–H and O–H groups in total. The van der Waals surface area contributed by atoms with E-state index in [1.54, 1.807) is 12.1 Å². The van der Waals surface area contributed by atoms with E-state index in [0.717, 1.165) is 21.3 Å². The van der Waals surface area contributed by atoms with Gasteiger partial charge in [-0.15, -0.1) is 0 Å². The zero-order chi connectivity index (χ0) is 24.2. The third-order valence-corrected chi connectivity index (χ3v) is 5.32. The molecule has 4 aromatic heterocycles. The summed E-state index contributed by atoms with van der Waals surface area (Å²) in [6.45, 7) is 0. The van der Waals surface area contributed by atoms with Crippen molar-refractivity contribution in [1.29, 1.82) is 0 Å². The lowest BCUT2D eigenvalue weighted by Gasteiger charge is -2.15. The molecule has 0 saturated carbocycles. The van der Waals surface area contributed by atoms with Crippen LogP contribution in [0.1, 0.15) is 5.56 Å². The highest BCUT2D eigenvalue weighted by Gasteiger charge is 2.31. The minimum atomic E-state index is -4.62. The molecule has 0 radical (unpaired) electrons. The Labute approximate surface area is 188 Å². The van der Waals surface area contributed by atoms with Crippen LogP contribution in [0.5, 0.6) is 0 Å². The van der Waals surface area contributed by atoms with Crippen molar-refractivity contribution in [1.82, 2.24) is 29.1 Å². The van der Waals surface area contributed by atoms with Gasteiger partial charge in [0.15, 0.2) is 0 Å². The van der Waals surface area contributed by atoms with Crippen LogP contribution in [0.15, 0.2) is 64.6 Å². The fourth-order valence-corrected chi connectivity index (χ4v) is 3.64. The number of nitrogen functional groups attached to an aromatic ring is 1. The highest BCUT2D eigenvalue weighted by molar-refractivity contribution is 6.01. The normalized spacial score (nSPS) is 11.9. The number of hydrogen-bond donors (Lipinski definition) is 1. The number of halogens is 3. The average Bonchev–Trinajstić information content (AvgIpc) is 2.82. The van der Waals surface area contributed by atoms with Gasteiger partial charge in [0.05, 0.1) is 33.4 Å². The van der Waals surface area contributed by atoms with Crippen molar-refractivity contribution in [2.75, 3.05) is 5.73 Å². The van der Waals surface area contributed by atoms with Crippen molar-refractivity contribution in [3.63, 3.8) is 0 Å². The zero-order valence-corrected chi connectivity index (χ0v) is 17.4. The summed E-state index contributed by atoms with van der Waals surface area (Å²) in [7, 11) is 1.24. The van der Waals surface area contributed by atoms with Crippen molar-refractivity contribution < 1.29 is 13.2 Å². The van der Waals surface area contributed by atoms with Crippen LogP contribution in [0, 0.1) is 0 Å². The van der Waals surface area contributed by atoms with E-state index in [0.29, 0.717) is 16.8 Å². The number of rotatable bonds is 2. The van der Waals surface area contributed by atoms with E-state index in [-0.39, 0.29) is 28.1 Å². The van der Waals surface area contributed by atoms with Gasteiger partial charge in [0.1, 0.15) is 5.52 Å². The molecule has 34 heavy (non-hydrogen) atoms. The maximum Gasteiger partial charge on any atom is 0.416 e. The first-order valence-corrected chi connectivity index (χ1v) is 9.82. The van der Waals surface area contributed by atoms with Crippen molar-refractivity contribution in [3.05, 3.63) is 81.4 Å². The van der Waals surface area contributed by atoms with Crippen LogP contribution in [0.4, 0.5) is 19.1 Å². The molecule has 0 atom stereocenters. The number of benzene rings is 1. The number of fused-ring (bicyclic) bond motifs is 3. The van der Waals surface area contributed by atoms with E-state index in [1.165, 1.54) is 37.8 Å². The van der Waals surface area contributed by atoms with Gasteiger partial charge < -0.3 is 5.73 Å². The number of anilines is 1. The first kappa shape index (κ1) is 21.2. The minimum Gasteiger partial charge on any atom is -0.368 e. The Morgan fingerprint density at radius 1 is 0.971 bits per heavy atom. The van der Waals surface area contributed by atoms with Gasteiger partial charge in [0.2, 0.25) is 5.95 Å². The number of nitrogens with zero attached hydrogens (tertiary/aromatic N) is 6. The lowest BCUT2D eigenvalue weighted by atomic mass is 10.1. The summed E-state index contributed by atoms with van der Waals surface area (Å²) in [5, 5.41) is 0.0187. The molecule has 5 aromatic rings. The number of pyridine rings is 2. The van der Waals surface area contributed by atoms with E-state index in [2.05, 4.69) is 19.9 Å². The predicted octanol–water partition coefficient (Wildman–Crippen LogP) is 2.69. The lowest BCUT2D eigenvalue weighted by Crippen LogP contribution is -2.37. The Kier molecular flexibility index (Phi) is 4.67. The Bertz CT molecular complexity index is 1710. The SMILES string of the molecule is Cn1c(=O)c2cnc3ccc(-c4cnc(N)nc4)nc3c2n(-c2cccc(C(F)(F)F)c2)c1=O. The van der Waals surface area contributed by atoms with Crippen LogP contribution in [-0.4, -0.2) is 29.1 Å². The average molecular weight is 465 g/mol. The highest BCUT2D eigenvalue weighted by atomic mass is 19.4. The van der Waals surface area contributed by atoms with Crippen LogP contribution in [0.3, 0.4) is 0 Å². The predicted molar refractivity (Wildman–Crippen MR) is 118 cm³/mol. The van der Waals surface area contributed by atoms with Gasteiger partial charge in [-0.2, -0.15) is 13.2 Å². The Hall–Kier alpha value is -4.61. The van der Waals surface area contributed by atoms with Crippen LogP contribution in [0.2, 0.25) is 0 Å². The fraction of sp³-hybridized carbons (Fsp3) is 0.0909. The van der Waals surface area contributed by atoms with Gasteiger partial charge in [-0.3, -0.25) is 18.9 Å². The van der Waals surface area contributed by atoms with Crippen molar-refractivity contribution in [2.24, 2.45) is 7.05 Å². The number of alkyl halides is 3. The smallest absolute Gasteiger partial charge is 0.368 e. The van der Waals surface area contributed by atoms with Gasteiger partial charge in [-0.1, -0.05) is 6.07 Å². The molecule has 0 amide bonds. The minimum absolute atomic E-state index is 0.0187. The van der Waals surface area contributed by atoms with E-state index in [4.69, 9.17) is 5.73 Å². The van der Waals surface area contributed by atoms with E-state index in [9.17, 15) is 22.8 Å². The summed E-state index contributed by atoms with van der Waals surface area (Å²) in [6.07, 6.45) is -0.445. The third-order valence-electron chi connectivity index (χ3n) is 5.32. The molecule has 0 saturated heterocycles. The number of aromatic nitrogens is 6. The molecular weight excluding hydrogens is 451 g/mol. The summed E-state index contributed by atoms with van der Waals surface area (Å²) in [5.41, 5.74) is 4.47. The Balaban J connectivity index is 1.92. The molecule has 4 heterocycles. The van der Waals surface area contributed by atoms with Gasteiger partial charge in [0.25, 0.3) is 5.56 Å². The third kappa shape index (κ3) is 3.36. The molecule has 0 aliphatic carbocycles. The van der Waals surface area contributed by atoms with Crippen molar-refractivity contribution in [3.8, 4) is 16.9 Å². The van der Waals surface area contributed by atoms with Gasteiger partial charge in [-0.05, 0) is 30.3 Å². The quantitative estimate of drug-likeness (QED) is 0.398. The number of nitrogens with two attached hydrogens (primary N) is 1. The second kappa shape index (κ2) is 7.47. The van der Waals surface area contributed by atoms with Crippen LogP contribution >= 0.6 is 0 Å². The Morgan fingerprint density at radius 3 is 2.41 bits per heavy atom. The molecule has 0 aliphatic rings. The standard InChI is InChI=1S/C22H14F3N7O2/c1-31-19(33)14-10-27-16-6-5-15(11-8-28-20(26)29-9-11)30-17(16)18(14)32(21(31)34)13-4-2-3-12(7-13)22(23,24)25/h2-10H,1H3,(H2,26,28,29). The topological polar surface area (TPSA) is 122 Å². The molecule has 1 aromatic carbocycles. The van der Waals surface area contributed by atoms with Crippen LogP contribution in [-0.2, 0) is 13.2 Å². The maximum absolute atomic E-state index is 13.4. The highest BCUT2D eigenvalue weighted by Crippen LogP contribution is 2.31. The van der Waals surface area contributed by atoms with Gasteiger partial charge in [-0.25, -0.2) is 19.7 Å². The van der Waals surface area contributed by atoms with Crippen LogP contribution in [0.25, 0.3) is 38.9 Å². The van der Waals surface area contributed by atoms with E-state index < -0.39 is 23.0 Å². The van der Waals surface area contributed by atoms with Crippen LogP contribution < -0.4 is 17.0 Å².